The zero-order chi connectivity index (χ0) is 21.1. The van der Waals surface area contributed by atoms with Gasteiger partial charge in [0.25, 0.3) is 0 Å². The molecule has 1 fully saturated rings. The van der Waals surface area contributed by atoms with Gasteiger partial charge < -0.3 is 10.2 Å². The van der Waals surface area contributed by atoms with Gasteiger partial charge in [0.15, 0.2) is 0 Å². The average Bonchev–Trinajstić information content (AvgIpc) is 2.76. The first kappa shape index (κ1) is 20.6. The van der Waals surface area contributed by atoms with E-state index in [0.29, 0.717) is 6.54 Å². The van der Waals surface area contributed by atoms with Gasteiger partial charge in [-0.25, -0.2) is 0 Å². The van der Waals surface area contributed by atoms with Crippen LogP contribution in [-0.2, 0) is 16.0 Å². The van der Waals surface area contributed by atoms with E-state index in [1.807, 2.05) is 43.0 Å². The molecule has 2 aliphatic heterocycles. The Balaban J connectivity index is 1.54. The largest absolute Gasteiger partial charge is 0.341 e. The molecule has 0 aliphatic carbocycles. The van der Waals surface area contributed by atoms with Gasteiger partial charge >= 0.3 is 0 Å². The van der Waals surface area contributed by atoms with E-state index in [4.69, 9.17) is 0 Å². The van der Waals surface area contributed by atoms with Crippen LogP contribution in [0.2, 0.25) is 0 Å². The molecule has 0 aromatic heterocycles. The number of nitrogens with one attached hydrogen (secondary N) is 1. The van der Waals surface area contributed by atoms with Gasteiger partial charge in [-0.1, -0.05) is 42.0 Å². The third-order valence-electron chi connectivity index (χ3n) is 6.29. The topological polar surface area (TPSA) is 52.7 Å². The van der Waals surface area contributed by atoms with E-state index in [-0.39, 0.29) is 24.4 Å². The fraction of sp³-hybridized carbons (Fsp3) is 0.440. The minimum absolute atomic E-state index is 0.0715. The quantitative estimate of drug-likeness (QED) is 0.841. The predicted molar refractivity (Wildman–Crippen MR) is 119 cm³/mol. The zero-order valence-electron chi connectivity index (χ0n) is 18.0. The van der Waals surface area contributed by atoms with Crippen LogP contribution in [0.5, 0.6) is 0 Å². The summed E-state index contributed by atoms with van der Waals surface area (Å²) in [5.74, 6) is 0.0685. The van der Waals surface area contributed by atoms with Gasteiger partial charge in [-0.3, -0.25) is 14.5 Å². The summed E-state index contributed by atoms with van der Waals surface area (Å²) in [5, 5.41) is 3.04. The number of hydrogen-bond donors (Lipinski definition) is 1. The zero-order valence-corrected chi connectivity index (χ0v) is 18.0. The van der Waals surface area contributed by atoms with E-state index in [1.54, 1.807) is 0 Å². The van der Waals surface area contributed by atoms with Crippen molar-refractivity contribution in [2.24, 2.45) is 0 Å². The van der Waals surface area contributed by atoms with Crippen LogP contribution in [0, 0.1) is 13.8 Å². The van der Waals surface area contributed by atoms with Gasteiger partial charge in [-0.15, -0.1) is 0 Å². The molecule has 2 aromatic carbocycles. The minimum Gasteiger partial charge on any atom is -0.341 e. The van der Waals surface area contributed by atoms with Crippen molar-refractivity contribution in [1.82, 2.24) is 9.80 Å². The summed E-state index contributed by atoms with van der Waals surface area (Å²) >= 11 is 0. The molecule has 5 nitrogen and oxygen atoms in total. The van der Waals surface area contributed by atoms with Gasteiger partial charge in [0.1, 0.15) is 6.04 Å². The van der Waals surface area contributed by atoms with Gasteiger partial charge in [-0.2, -0.15) is 0 Å². The number of hydrogen-bond acceptors (Lipinski definition) is 3. The van der Waals surface area contributed by atoms with Crippen molar-refractivity contribution in [3.05, 3.63) is 64.7 Å². The van der Waals surface area contributed by atoms with Crippen LogP contribution in [0.3, 0.4) is 0 Å². The van der Waals surface area contributed by atoms with Crippen LogP contribution in [0.15, 0.2) is 42.5 Å². The van der Waals surface area contributed by atoms with Gasteiger partial charge in [-0.05, 0) is 62.3 Å². The molecule has 158 valence electrons. The van der Waals surface area contributed by atoms with E-state index in [1.165, 1.54) is 17.5 Å². The number of piperidine rings is 1. The van der Waals surface area contributed by atoms with Crippen LogP contribution in [-0.4, -0.2) is 47.8 Å². The lowest BCUT2D eigenvalue weighted by molar-refractivity contribution is -0.139. The Hall–Kier alpha value is -2.66. The van der Waals surface area contributed by atoms with Crippen LogP contribution < -0.4 is 5.32 Å². The minimum atomic E-state index is -0.377. The van der Waals surface area contributed by atoms with Crippen molar-refractivity contribution in [3.63, 3.8) is 0 Å². The van der Waals surface area contributed by atoms with Gasteiger partial charge in [0.2, 0.25) is 11.8 Å². The first-order valence-electron chi connectivity index (χ1n) is 11.0. The Kier molecular flexibility index (Phi) is 6.18. The SMILES string of the molecule is Cc1ccc(NC(=O)CN2CCc3ccccc3[C@H]2C(=O)N2CCCCC2)c(C)c1. The molecule has 0 bridgehead atoms. The number of rotatable bonds is 4. The summed E-state index contributed by atoms with van der Waals surface area (Å²) in [6.07, 6.45) is 4.17. The monoisotopic (exact) mass is 405 g/mol. The Morgan fingerprint density at radius 3 is 2.53 bits per heavy atom. The normalized spacial score (nSPS) is 19.3. The number of anilines is 1. The fourth-order valence-corrected chi connectivity index (χ4v) is 4.69. The number of likely N-dealkylation sites (tertiary alicyclic amines) is 1. The third-order valence-corrected chi connectivity index (χ3v) is 6.29. The maximum atomic E-state index is 13.5. The number of aryl methyl sites for hydroxylation is 2. The van der Waals surface area contributed by atoms with E-state index in [9.17, 15) is 9.59 Å². The molecule has 1 atom stereocenters. The maximum Gasteiger partial charge on any atom is 0.244 e. The molecule has 2 aromatic rings. The van der Waals surface area contributed by atoms with Gasteiger partial charge in [0, 0.05) is 25.3 Å². The lowest BCUT2D eigenvalue weighted by Gasteiger charge is -2.39. The number of carbonyl (C=O) groups excluding carboxylic acids is 2. The van der Waals surface area contributed by atoms with Crippen molar-refractivity contribution in [3.8, 4) is 0 Å². The highest BCUT2D eigenvalue weighted by molar-refractivity contribution is 5.94. The van der Waals surface area contributed by atoms with E-state index < -0.39 is 0 Å². The molecule has 4 rings (SSSR count). The highest BCUT2D eigenvalue weighted by atomic mass is 16.2. The molecule has 5 heteroatoms. The molecule has 0 spiro atoms. The second-order valence-electron chi connectivity index (χ2n) is 8.57. The second-order valence-corrected chi connectivity index (χ2v) is 8.57. The molecule has 0 saturated carbocycles. The van der Waals surface area contributed by atoms with Crippen molar-refractivity contribution in [1.29, 1.82) is 0 Å². The van der Waals surface area contributed by atoms with E-state index in [0.717, 1.165) is 49.2 Å². The first-order valence-corrected chi connectivity index (χ1v) is 11.0. The first-order chi connectivity index (χ1) is 14.5. The molecular formula is C25H31N3O2. The van der Waals surface area contributed by atoms with Crippen molar-refractivity contribution >= 4 is 17.5 Å². The number of benzene rings is 2. The average molecular weight is 406 g/mol. The number of fused-ring (bicyclic) bond motifs is 1. The van der Waals surface area contributed by atoms with Crippen LogP contribution in [0.25, 0.3) is 0 Å². The number of carbonyl (C=O) groups is 2. The molecule has 1 N–H and O–H groups in total. The molecule has 1 saturated heterocycles. The maximum absolute atomic E-state index is 13.5. The van der Waals surface area contributed by atoms with Crippen molar-refractivity contribution in [2.45, 2.75) is 45.6 Å². The molecule has 2 heterocycles. The lowest BCUT2D eigenvalue weighted by Crippen LogP contribution is -2.49. The third kappa shape index (κ3) is 4.41. The summed E-state index contributed by atoms with van der Waals surface area (Å²) in [5.41, 5.74) is 5.33. The summed E-state index contributed by atoms with van der Waals surface area (Å²) in [4.78, 5) is 30.5. The summed E-state index contributed by atoms with van der Waals surface area (Å²) < 4.78 is 0. The highest BCUT2D eigenvalue weighted by Crippen LogP contribution is 2.32. The predicted octanol–water partition coefficient (Wildman–Crippen LogP) is 3.85. The number of nitrogens with zero attached hydrogens (tertiary/aromatic N) is 2. The van der Waals surface area contributed by atoms with Gasteiger partial charge in [0.05, 0.1) is 6.54 Å². The molecule has 0 unspecified atom stereocenters. The Morgan fingerprint density at radius 1 is 1.00 bits per heavy atom. The number of amides is 2. The molecule has 30 heavy (non-hydrogen) atoms. The Morgan fingerprint density at radius 2 is 1.77 bits per heavy atom. The standard InChI is InChI=1S/C25H31N3O2/c1-18-10-11-22(19(2)16-18)26-23(29)17-28-15-12-20-8-4-5-9-21(20)24(28)25(30)27-13-6-3-7-14-27/h4-5,8-11,16,24H,3,6-7,12-15,17H2,1-2H3,(H,26,29)/t24-/m0/s1. The Labute approximate surface area is 179 Å². The lowest BCUT2D eigenvalue weighted by atomic mass is 9.91. The molecule has 2 aliphatic rings. The summed E-state index contributed by atoms with van der Waals surface area (Å²) in [6.45, 7) is 6.61. The smallest absolute Gasteiger partial charge is 0.244 e. The van der Waals surface area contributed by atoms with Crippen molar-refractivity contribution in [2.75, 3.05) is 31.5 Å². The molecular weight excluding hydrogens is 374 g/mol. The summed E-state index contributed by atoms with van der Waals surface area (Å²) in [6, 6.07) is 13.8. The second kappa shape index (κ2) is 9.00. The van der Waals surface area contributed by atoms with Crippen molar-refractivity contribution < 1.29 is 9.59 Å². The molecule has 2 amide bonds. The van der Waals surface area contributed by atoms with E-state index in [2.05, 4.69) is 28.4 Å². The highest BCUT2D eigenvalue weighted by Gasteiger charge is 2.36. The van der Waals surface area contributed by atoms with Crippen LogP contribution in [0.1, 0.15) is 47.6 Å². The summed E-state index contributed by atoms with van der Waals surface area (Å²) in [7, 11) is 0. The fourth-order valence-electron chi connectivity index (χ4n) is 4.69. The Bertz CT molecular complexity index is 934. The van der Waals surface area contributed by atoms with Crippen LogP contribution >= 0.6 is 0 Å². The van der Waals surface area contributed by atoms with Crippen LogP contribution in [0.4, 0.5) is 5.69 Å². The molecule has 0 radical (unpaired) electrons. The van der Waals surface area contributed by atoms with E-state index >= 15 is 0 Å².